The first-order chi connectivity index (χ1) is 14.6. The zero-order valence-electron chi connectivity index (χ0n) is 17.4. The Morgan fingerprint density at radius 1 is 1.07 bits per heavy atom. The number of nitrogens with zero attached hydrogens (tertiary/aromatic N) is 1. The van der Waals surface area contributed by atoms with E-state index in [1.54, 1.807) is 24.3 Å². The van der Waals surface area contributed by atoms with Gasteiger partial charge < -0.3 is 20.3 Å². The fourth-order valence-corrected chi connectivity index (χ4v) is 4.78. The van der Waals surface area contributed by atoms with Gasteiger partial charge in [0.2, 0.25) is 11.8 Å². The standard InChI is InChI=1S/C23H31N3O4/c27-21-13-16(15-26(21)17-7-2-1-3-8-17)22(28)25-20-11-5-4-10-19(20)23(29)24-14-18-9-6-12-30-18/h4-5,10-11,16-18H,1-3,6-9,12-15H2,(H,24,29)(H,25,28). The van der Waals surface area contributed by atoms with E-state index in [0.717, 1.165) is 45.1 Å². The van der Waals surface area contributed by atoms with Gasteiger partial charge in [0.25, 0.3) is 5.91 Å². The molecule has 0 bridgehead atoms. The molecule has 2 aliphatic heterocycles. The van der Waals surface area contributed by atoms with Crippen molar-refractivity contribution in [3.8, 4) is 0 Å². The molecule has 4 rings (SSSR count). The third-order valence-corrected chi connectivity index (χ3v) is 6.49. The summed E-state index contributed by atoms with van der Waals surface area (Å²) < 4.78 is 5.55. The smallest absolute Gasteiger partial charge is 0.253 e. The highest BCUT2D eigenvalue weighted by Crippen LogP contribution is 2.29. The zero-order chi connectivity index (χ0) is 20.9. The van der Waals surface area contributed by atoms with E-state index in [1.807, 2.05) is 4.90 Å². The second kappa shape index (κ2) is 9.60. The van der Waals surface area contributed by atoms with Crippen LogP contribution in [-0.4, -0.2) is 54.5 Å². The van der Waals surface area contributed by atoms with E-state index in [1.165, 1.54) is 6.42 Å². The molecule has 0 aromatic heterocycles. The van der Waals surface area contributed by atoms with Crippen molar-refractivity contribution in [3.05, 3.63) is 29.8 Å². The van der Waals surface area contributed by atoms with Crippen molar-refractivity contribution in [2.45, 2.75) is 63.5 Å². The molecule has 7 nitrogen and oxygen atoms in total. The van der Waals surface area contributed by atoms with Crippen LogP contribution in [0.15, 0.2) is 24.3 Å². The minimum absolute atomic E-state index is 0.0611. The molecule has 30 heavy (non-hydrogen) atoms. The number of likely N-dealkylation sites (tertiary alicyclic amines) is 1. The topological polar surface area (TPSA) is 87.7 Å². The van der Waals surface area contributed by atoms with Crippen molar-refractivity contribution in [3.63, 3.8) is 0 Å². The molecule has 2 saturated heterocycles. The summed E-state index contributed by atoms with van der Waals surface area (Å²) in [4.78, 5) is 39.9. The van der Waals surface area contributed by atoms with Crippen LogP contribution in [0.25, 0.3) is 0 Å². The van der Waals surface area contributed by atoms with Gasteiger partial charge in [-0.05, 0) is 37.8 Å². The third-order valence-electron chi connectivity index (χ3n) is 6.49. The molecule has 0 radical (unpaired) electrons. The Morgan fingerprint density at radius 2 is 1.87 bits per heavy atom. The SMILES string of the molecule is O=C(NCC1CCCO1)c1ccccc1NC(=O)C1CC(=O)N(C2CCCCC2)C1. The molecule has 3 aliphatic rings. The van der Waals surface area contributed by atoms with Crippen LogP contribution < -0.4 is 10.6 Å². The second-order valence-electron chi connectivity index (χ2n) is 8.62. The van der Waals surface area contributed by atoms with Gasteiger partial charge in [0, 0.05) is 32.2 Å². The summed E-state index contributed by atoms with van der Waals surface area (Å²) in [6.45, 7) is 1.68. The molecule has 0 spiro atoms. The second-order valence-corrected chi connectivity index (χ2v) is 8.62. The number of nitrogens with one attached hydrogen (secondary N) is 2. The van der Waals surface area contributed by atoms with Gasteiger partial charge in [-0.1, -0.05) is 31.4 Å². The molecule has 2 heterocycles. The van der Waals surface area contributed by atoms with E-state index < -0.39 is 0 Å². The molecule has 162 valence electrons. The highest BCUT2D eigenvalue weighted by Gasteiger charge is 2.38. The van der Waals surface area contributed by atoms with Gasteiger partial charge in [0.05, 0.1) is 23.3 Å². The Kier molecular flexibility index (Phi) is 6.67. The van der Waals surface area contributed by atoms with E-state index >= 15 is 0 Å². The first-order valence-electron chi connectivity index (χ1n) is 11.2. The van der Waals surface area contributed by atoms with Crippen molar-refractivity contribution in [1.82, 2.24) is 10.2 Å². The average Bonchev–Trinajstić information content (AvgIpc) is 3.43. The van der Waals surface area contributed by atoms with Gasteiger partial charge in [0.15, 0.2) is 0 Å². The minimum Gasteiger partial charge on any atom is -0.376 e. The summed E-state index contributed by atoms with van der Waals surface area (Å²) in [6, 6.07) is 7.28. The molecule has 3 amide bonds. The van der Waals surface area contributed by atoms with Crippen LogP contribution in [0.1, 0.15) is 61.7 Å². The van der Waals surface area contributed by atoms with Crippen LogP contribution in [0.3, 0.4) is 0 Å². The molecule has 1 aromatic rings. The van der Waals surface area contributed by atoms with Gasteiger partial charge in [-0.2, -0.15) is 0 Å². The number of carbonyl (C=O) groups is 3. The number of para-hydroxylation sites is 1. The van der Waals surface area contributed by atoms with Crippen molar-refractivity contribution in [1.29, 1.82) is 0 Å². The molecule has 7 heteroatoms. The lowest BCUT2D eigenvalue weighted by molar-refractivity contribution is -0.130. The number of amides is 3. The zero-order valence-corrected chi connectivity index (χ0v) is 17.4. The molecule has 1 aliphatic carbocycles. The fourth-order valence-electron chi connectivity index (χ4n) is 4.78. The summed E-state index contributed by atoms with van der Waals surface area (Å²) in [5.41, 5.74) is 0.910. The number of anilines is 1. The lowest BCUT2D eigenvalue weighted by Gasteiger charge is -2.31. The van der Waals surface area contributed by atoms with Crippen molar-refractivity contribution in [2.75, 3.05) is 25.0 Å². The lowest BCUT2D eigenvalue weighted by Crippen LogP contribution is -2.38. The minimum atomic E-state index is -0.373. The first-order valence-corrected chi connectivity index (χ1v) is 11.2. The van der Waals surface area contributed by atoms with Crippen LogP contribution in [0.5, 0.6) is 0 Å². The number of benzene rings is 1. The van der Waals surface area contributed by atoms with Crippen molar-refractivity contribution in [2.24, 2.45) is 5.92 Å². The van der Waals surface area contributed by atoms with Gasteiger partial charge in [0.1, 0.15) is 0 Å². The summed E-state index contributed by atoms with van der Waals surface area (Å²) in [7, 11) is 0. The van der Waals surface area contributed by atoms with Crippen LogP contribution in [0.2, 0.25) is 0 Å². The van der Waals surface area contributed by atoms with E-state index in [4.69, 9.17) is 4.74 Å². The highest BCUT2D eigenvalue weighted by atomic mass is 16.5. The van der Waals surface area contributed by atoms with Crippen molar-refractivity contribution < 1.29 is 19.1 Å². The van der Waals surface area contributed by atoms with Crippen LogP contribution >= 0.6 is 0 Å². The molecule has 2 unspecified atom stereocenters. The molecule has 2 N–H and O–H groups in total. The summed E-state index contributed by atoms with van der Waals surface area (Å²) in [5, 5.41) is 5.80. The maximum atomic E-state index is 12.9. The van der Waals surface area contributed by atoms with Crippen LogP contribution in [-0.2, 0) is 14.3 Å². The quantitative estimate of drug-likeness (QED) is 0.751. The number of hydrogen-bond acceptors (Lipinski definition) is 4. The Labute approximate surface area is 177 Å². The Hall–Kier alpha value is -2.41. The average molecular weight is 414 g/mol. The molecular weight excluding hydrogens is 382 g/mol. The predicted octanol–water partition coefficient (Wildman–Crippen LogP) is 2.72. The van der Waals surface area contributed by atoms with Crippen LogP contribution in [0, 0.1) is 5.92 Å². The van der Waals surface area contributed by atoms with Gasteiger partial charge in [-0.25, -0.2) is 0 Å². The van der Waals surface area contributed by atoms with E-state index in [0.29, 0.717) is 24.3 Å². The normalized spacial score (nSPS) is 24.8. The first kappa shape index (κ1) is 20.8. The largest absolute Gasteiger partial charge is 0.376 e. The van der Waals surface area contributed by atoms with E-state index in [2.05, 4.69) is 10.6 Å². The number of ether oxygens (including phenoxy) is 1. The summed E-state index contributed by atoms with van der Waals surface area (Å²) >= 11 is 0. The maximum Gasteiger partial charge on any atom is 0.253 e. The number of hydrogen-bond donors (Lipinski definition) is 2. The molecular formula is C23H31N3O4. The molecule has 1 aromatic carbocycles. The Bertz CT molecular complexity index is 784. The van der Waals surface area contributed by atoms with Gasteiger partial charge in [-0.3, -0.25) is 14.4 Å². The Balaban J connectivity index is 1.36. The third kappa shape index (κ3) is 4.83. The molecule has 2 atom stereocenters. The summed E-state index contributed by atoms with van der Waals surface area (Å²) in [5.74, 6) is -0.721. The van der Waals surface area contributed by atoms with Crippen molar-refractivity contribution >= 4 is 23.4 Å². The van der Waals surface area contributed by atoms with E-state index in [9.17, 15) is 14.4 Å². The predicted molar refractivity (Wildman–Crippen MR) is 113 cm³/mol. The van der Waals surface area contributed by atoms with Gasteiger partial charge in [-0.15, -0.1) is 0 Å². The van der Waals surface area contributed by atoms with E-state index in [-0.39, 0.29) is 42.2 Å². The fraction of sp³-hybridized carbons (Fsp3) is 0.609. The van der Waals surface area contributed by atoms with Gasteiger partial charge >= 0.3 is 0 Å². The number of rotatable bonds is 6. The number of carbonyl (C=O) groups excluding carboxylic acids is 3. The van der Waals surface area contributed by atoms with Crippen LogP contribution in [0.4, 0.5) is 5.69 Å². The highest BCUT2D eigenvalue weighted by molar-refractivity contribution is 6.05. The summed E-state index contributed by atoms with van der Waals surface area (Å²) in [6.07, 6.45) is 7.88. The maximum absolute atomic E-state index is 12.9. The monoisotopic (exact) mass is 413 g/mol. The Morgan fingerprint density at radius 3 is 2.63 bits per heavy atom. The molecule has 3 fully saturated rings. The lowest BCUT2D eigenvalue weighted by atomic mass is 9.94. The molecule has 1 saturated carbocycles.